The first-order valence-corrected chi connectivity index (χ1v) is 6.24. The number of rotatable bonds is 7. The summed E-state index contributed by atoms with van der Waals surface area (Å²) in [6.07, 6.45) is 2.42. The molecular weight excluding hydrogens is 268 g/mol. The van der Waals surface area contributed by atoms with E-state index in [1.807, 2.05) is 0 Å². The summed E-state index contributed by atoms with van der Waals surface area (Å²) in [5.41, 5.74) is 9.54. The van der Waals surface area contributed by atoms with E-state index < -0.39 is 29.0 Å². The first kappa shape index (κ1) is 16.0. The third-order valence-corrected chi connectivity index (χ3v) is 2.70. The molecule has 0 spiro atoms. The molecule has 2 amide bonds. The Hall–Kier alpha value is -2.02. The molecule has 0 atom stereocenters. The Balaban J connectivity index is 2.69. The highest BCUT2D eigenvalue weighted by Gasteiger charge is 2.15. The second-order valence-corrected chi connectivity index (χ2v) is 4.32. The molecule has 1 rings (SSSR count). The largest absolute Gasteiger partial charge is 0.366 e. The lowest BCUT2D eigenvalue weighted by Crippen LogP contribution is -2.17. The molecule has 5 N–H and O–H groups in total. The molecule has 0 fully saturated rings. The van der Waals surface area contributed by atoms with E-state index in [9.17, 15) is 18.4 Å². The van der Waals surface area contributed by atoms with Crippen LogP contribution >= 0.6 is 0 Å². The van der Waals surface area contributed by atoms with Crippen molar-refractivity contribution < 1.29 is 18.4 Å². The number of hydrogen-bond donors (Lipinski definition) is 3. The number of benzene rings is 1. The summed E-state index contributed by atoms with van der Waals surface area (Å²) in [5.74, 6) is -3.46. The van der Waals surface area contributed by atoms with Crippen molar-refractivity contribution in [1.29, 1.82) is 0 Å². The van der Waals surface area contributed by atoms with Gasteiger partial charge in [0.05, 0.1) is 11.3 Å². The summed E-state index contributed by atoms with van der Waals surface area (Å²) in [5, 5.41) is 2.29. The lowest BCUT2D eigenvalue weighted by atomic mass is 10.1. The number of anilines is 1. The number of nitrogens with one attached hydrogen (secondary N) is 1. The van der Waals surface area contributed by atoms with Crippen molar-refractivity contribution in [2.45, 2.75) is 25.7 Å². The molecule has 0 aliphatic heterocycles. The summed E-state index contributed by atoms with van der Waals surface area (Å²) in [4.78, 5) is 22.5. The zero-order valence-corrected chi connectivity index (χ0v) is 10.9. The Bertz CT molecular complexity index is 507. The zero-order valence-electron chi connectivity index (χ0n) is 10.9. The van der Waals surface area contributed by atoms with E-state index in [-0.39, 0.29) is 12.1 Å². The summed E-state index contributed by atoms with van der Waals surface area (Å²) >= 11 is 0. The van der Waals surface area contributed by atoms with E-state index in [1.165, 1.54) is 0 Å². The minimum absolute atomic E-state index is 0.197. The van der Waals surface area contributed by atoms with Gasteiger partial charge in [0.15, 0.2) is 0 Å². The Morgan fingerprint density at radius 3 is 2.40 bits per heavy atom. The van der Waals surface area contributed by atoms with Gasteiger partial charge in [-0.25, -0.2) is 8.78 Å². The van der Waals surface area contributed by atoms with Crippen LogP contribution in [0.4, 0.5) is 14.5 Å². The molecule has 110 valence electrons. The van der Waals surface area contributed by atoms with E-state index in [0.29, 0.717) is 19.0 Å². The number of primary amides is 1. The van der Waals surface area contributed by atoms with Gasteiger partial charge in [0.1, 0.15) is 11.6 Å². The second kappa shape index (κ2) is 7.54. The van der Waals surface area contributed by atoms with Crippen LogP contribution in [-0.2, 0) is 4.79 Å². The van der Waals surface area contributed by atoms with Gasteiger partial charge in [0, 0.05) is 12.5 Å². The highest BCUT2D eigenvalue weighted by Crippen LogP contribution is 2.19. The maximum atomic E-state index is 13.5. The topological polar surface area (TPSA) is 98.2 Å². The number of hydrogen-bond acceptors (Lipinski definition) is 3. The van der Waals surface area contributed by atoms with Crippen molar-refractivity contribution in [3.8, 4) is 0 Å². The molecule has 0 saturated carbocycles. The summed E-state index contributed by atoms with van der Waals surface area (Å²) in [6.45, 7) is 0.552. The molecule has 0 radical (unpaired) electrons. The van der Waals surface area contributed by atoms with Crippen molar-refractivity contribution >= 4 is 17.5 Å². The van der Waals surface area contributed by atoms with Gasteiger partial charge in [0.2, 0.25) is 5.91 Å². The van der Waals surface area contributed by atoms with Crippen LogP contribution in [0.5, 0.6) is 0 Å². The van der Waals surface area contributed by atoms with Gasteiger partial charge in [-0.1, -0.05) is 6.42 Å². The van der Waals surface area contributed by atoms with E-state index in [0.717, 1.165) is 18.9 Å². The first-order valence-electron chi connectivity index (χ1n) is 6.24. The Morgan fingerprint density at radius 2 is 1.80 bits per heavy atom. The Labute approximate surface area is 115 Å². The monoisotopic (exact) mass is 285 g/mol. The molecule has 1 aromatic rings. The standard InChI is InChI=1S/C13H17F2N3O2/c14-9-7-10(15)11(6-8(9)13(17)20)18-12(19)4-2-1-3-5-16/h6-7H,1-5,16H2,(H2,17,20)(H,18,19). The maximum absolute atomic E-state index is 13.5. The molecule has 0 unspecified atom stereocenters. The number of unbranched alkanes of at least 4 members (excludes halogenated alkanes) is 2. The molecule has 1 aromatic carbocycles. The zero-order chi connectivity index (χ0) is 15.1. The van der Waals surface area contributed by atoms with E-state index in [2.05, 4.69) is 5.32 Å². The third kappa shape index (κ3) is 4.58. The highest BCUT2D eigenvalue weighted by atomic mass is 19.1. The lowest BCUT2D eigenvalue weighted by molar-refractivity contribution is -0.116. The number of amides is 2. The van der Waals surface area contributed by atoms with E-state index in [1.54, 1.807) is 0 Å². The minimum Gasteiger partial charge on any atom is -0.366 e. The molecule has 0 aliphatic rings. The van der Waals surface area contributed by atoms with Crippen LogP contribution in [0, 0.1) is 11.6 Å². The highest BCUT2D eigenvalue weighted by molar-refractivity contribution is 5.96. The third-order valence-electron chi connectivity index (χ3n) is 2.70. The lowest BCUT2D eigenvalue weighted by Gasteiger charge is -2.08. The first-order chi connectivity index (χ1) is 9.45. The molecule has 0 aromatic heterocycles. The van der Waals surface area contributed by atoms with Crippen molar-refractivity contribution in [1.82, 2.24) is 0 Å². The Morgan fingerprint density at radius 1 is 1.10 bits per heavy atom. The molecule has 0 aliphatic carbocycles. The van der Waals surface area contributed by atoms with Crippen LogP contribution in [-0.4, -0.2) is 18.4 Å². The maximum Gasteiger partial charge on any atom is 0.251 e. The van der Waals surface area contributed by atoms with Gasteiger partial charge in [-0.2, -0.15) is 0 Å². The van der Waals surface area contributed by atoms with Gasteiger partial charge in [-0.3, -0.25) is 9.59 Å². The molecule has 5 nitrogen and oxygen atoms in total. The number of carbonyl (C=O) groups excluding carboxylic acids is 2. The number of halogens is 2. The molecule has 0 bridgehead atoms. The van der Waals surface area contributed by atoms with E-state index in [4.69, 9.17) is 11.5 Å². The molecule has 7 heteroatoms. The van der Waals surface area contributed by atoms with Crippen LogP contribution in [0.25, 0.3) is 0 Å². The van der Waals surface area contributed by atoms with E-state index >= 15 is 0 Å². The van der Waals surface area contributed by atoms with Gasteiger partial charge >= 0.3 is 0 Å². The molecule has 0 saturated heterocycles. The minimum atomic E-state index is -1.06. The van der Waals surface area contributed by atoms with Crippen LogP contribution in [0.15, 0.2) is 12.1 Å². The molecule has 20 heavy (non-hydrogen) atoms. The normalized spacial score (nSPS) is 10.3. The fraction of sp³-hybridized carbons (Fsp3) is 0.385. The van der Waals surface area contributed by atoms with Crippen molar-refractivity contribution in [3.05, 3.63) is 29.3 Å². The fourth-order valence-corrected chi connectivity index (χ4v) is 1.65. The average Bonchev–Trinajstić information content (AvgIpc) is 2.37. The van der Waals surface area contributed by atoms with Crippen LogP contribution in [0.1, 0.15) is 36.0 Å². The smallest absolute Gasteiger partial charge is 0.251 e. The molecular formula is C13H17F2N3O2. The number of carbonyl (C=O) groups is 2. The van der Waals surface area contributed by atoms with Gasteiger partial charge < -0.3 is 16.8 Å². The quantitative estimate of drug-likeness (QED) is 0.662. The second-order valence-electron chi connectivity index (χ2n) is 4.32. The van der Waals surface area contributed by atoms with Crippen molar-refractivity contribution in [2.75, 3.05) is 11.9 Å². The van der Waals surface area contributed by atoms with Crippen molar-refractivity contribution in [3.63, 3.8) is 0 Å². The van der Waals surface area contributed by atoms with Crippen molar-refractivity contribution in [2.24, 2.45) is 11.5 Å². The van der Waals surface area contributed by atoms with Crippen LogP contribution in [0.3, 0.4) is 0 Å². The van der Waals surface area contributed by atoms with Gasteiger partial charge in [-0.05, 0) is 25.5 Å². The van der Waals surface area contributed by atoms with Crippen LogP contribution in [0.2, 0.25) is 0 Å². The SMILES string of the molecule is NCCCCCC(=O)Nc1cc(C(N)=O)c(F)cc1F. The molecule has 0 heterocycles. The predicted molar refractivity (Wildman–Crippen MR) is 71.0 cm³/mol. The predicted octanol–water partition coefficient (Wildman–Crippen LogP) is 1.52. The summed E-state index contributed by atoms with van der Waals surface area (Å²) in [7, 11) is 0. The Kier molecular flexibility index (Phi) is 6.05. The van der Waals surface area contributed by atoms with Crippen LogP contribution < -0.4 is 16.8 Å². The number of nitrogens with two attached hydrogens (primary N) is 2. The fourth-order valence-electron chi connectivity index (χ4n) is 1.65. The summed E-state index contributed by atoms with van der Waals surface area (Å²) < 4.78 is 26.7. The van der Waals surface area contributed by atoms with Gasteiger partial charge in [-0.15, -0.1) is 0 Å². The summed E-state index contributed by atoms with van der Waals surface area (Å²) in [6, 6.07) is 1.41. The van der Waals surface area contributed by atoms with Gasteiger partial charge in [0.25, 0.3) is 5.91 Å². The average molecular weight is 285 g/mol.